The lowest BCUT2D eigenvalue weighted by atomic mass is 9.59. The highest BCUT2D eigenvalue weighted by molar-refractivity contribution is 5.66. The van der Waals surface area contributed by atoms with Crippen molar-refractivity contribution in [3.05, 3.63) is 71.3 Å². The highest BCUT2D eigenvalue weighted by atomic mass is 16.4. The molecule has 0 saturated carbocycles. The third-order valence-electron chi connectivity index (χ3n) is 6.30. The average Bonchev–Trinajstić information content (AvgIpc) is 2.70. The van der Waals surface area contributed by atoms with E-state index in [4.69, 9.17) is 5.11 Å². The number of nitrogens with one attached hydrogen (secondary N) is 1. The van der Waals surface area contributed by atoms with E-state index < -0.39 is 5.97 Å². The Bertz CT molecular complexity index is 720. The van der Waals surface area contributed by atoms with Gasteiger partial charge in [-0.05, 0) is 56.3 Å². The van der Waals surface area contributed by atoms with Crippen molar-refractivity contribution in [2.45, 2.75) is 63.8 Å². The second kappa shape index (κ2) is 9.18. The van der Waals surface area contributed by atoms with Gasteiger partial charge in [-0.2, -0.15) is 0 Å². The van der Waals surface area contributed by atoms with E-state index in [0.29, 0.717) is 6.42 Å². The second-order valence-electron chi connectivity index (χ2n) is 7.50. The van der Waals surface area contributed by atoms with Gasteiger partial charge in [0.25, 0.3) is 0 Å². The monoisotopic (exact) mass is 367 g/mol. The minimum atomic E-state index is -0.728. The van der Waals surface area contributed by atoms with Gasteiger partial charge in [0.2, 0.25) is 0 Å². The van der Waals surface area contributed by atoms with Gasteiger partial charge < -0.3 is 10.4 Å². The molecule has 0 fully saturated rings. The zero-order valence-electron chi connectivity index (χ0n) is 17.1. The molecule has 3 heteroatoms. The molecule has 2 aromatic carbocycles. The van der Waals surface area contributed by atoms with Gasteiger partial charge in [0, 0.05) is 17.4 Å². The third kappa shape index (κ3) is 4.24. The molecular weight excluding hydrogens is 334 g/mol. The molecule has 2 unspecified atom stereocenters. The van der Waals surface area contributed by atoms with Gasteiger partial charge in [0.05, 0.1) is 0 Å². The summed E-state index contributed by atoms with van der Waals surface area (Å²) in [4.78, 5) is 10.7. The zero-order chi connectivity index (χ0) is 19.9. The molecule has 0 bridgehead atoms. The first-order valence-electron chi connectivity index (χ1n) is 9.99. The van der Waals surface area contributed by atoms with Crippen LogP contribution in [-0.2, 0) is 16.6 Å². The number of carboxylic acids is 1. The zero-order valence-corrected chi connectivity index (χ0v) is 17.1. The maximum atomic E-state index is 10.7. The smallest absolute Gasteiger partial charge is 0.303 e. The van der Waals surface area contributed by atoms with Gasteiger partial charge >= 0.3 is 5.97 Å². The first-order chi connectivity index (χ1) is 12.9. The van der Waals surface area contributed by atoms with Crippen LogP contribution in [0.5, 0.6) is 0 Å². The Labute approximate surface area is 163 Å². The summed E-state index contributed by atoms with van der Waals surface area (Å²) in [6.07, 6.45) is 3.69. The predicted octanol–water partition coefficient (Wildman–Crippen LogP) is 5.18. The first kappa shape index (κ1) is 21.2. The van der Waals surface area contributed by atoms with Crippen molar-refractivity contribution in [2.24, 2.45) is 0 Å². The Balaban J connectivity index is 2.47. The number of aryl methyl sites for hydroxylation is 1. The Hall–Kier alpha value is -2.13. The van der Waals surface area contributed by atoms with Crippen LogP contribution in [0.3, 0.4) is 0 Å². The molecule has 2 rings (SSSR count). The topological polar surface area (TPSA) is 49.3 Å². The van der Waals surface area contributed by atoms with Crippen molar-refractivity contribution in [3.63, 3.8) is 0 Å². The minimum Gasteiger partial charge on any atom is -0.481 e. The van der Waals surface area contributed by atoms with Crippen LogP contribution >= 0.6 is 0 Å². The van der Waals surface area contributed by atoms with Crippen molar-refractivity contribution >= 4 is 5.97 Å². The lowest BCUT2D eigenvalue weighted by Crippen LogP contribution is -2.57. The number of likely N-dealkylation sites (N-methyl/N-ethyl adjacent to an activating group) is 1. The molecule has 0 aliphatic rings. The van der Waals surface area contributed by atoms with Gasteiger partial charge in [-0.1, -0.05) is 68.4 Å². The van der Waals surface area contributed by atoms with Crippen LogP contribution < -0.4 is 5.32 Å². The van der Waals surface area contributed by atoms with Crippen LogP contribution in [0.2, 0.25) is 0 Å². The Kier molecular flexibility index (Phi) is 7.20. The summed E-state index contributed by atoms with van der Waals surface area (Å²) in [5.41, 5.74) is 3.59. The molecule has 2 atom stereocenters. The molecule has 0 heterocycles. The number of rotatable bonds is 10. The van der Waals surface area contributed by atoms with Crippen LogP contribution in [0.4, 0.5) is 0 Å². The molecule has 0 aromatic heterocycles. The van der Waals surface area contributed by atoms with Gasteiger partial charge in [-0.25, -0.2) is 0 Å². The molecule has 0 radical (unpaired) electrons. The van der Waals surface area contributed by atoms with Crippen LogP contribution in [-0.4, -0.2) is 23.7 Å². The Morgan fingerprint density at radius 2 is 1.56 bits per heavy atom. The van der Waals surface area contributed by atoms with E-state index in [2.05, 4.69) is 87.7 Å². The molecule has 0 saturated heterocycles. The summed E-state index contributed by atoms with van der Waals surface area (Å²) < 4.78 is 0. The van der Waals surface area contributed by atoms with Crippen molar-refractivity contribution < 1.29 is 9.90 Å². The predicted molar refractivity (Wildman–Crippen MR) is 112 cm³/mol. The molecule has 3 nitrogen and oxygen atoms in total. The van der Waals surface area contributed by atoms with E-state index in [-0.39, 0.29) is 17.4 Å². The number of hydrogen-bond donors (Lipinski definition) is 2. The lowest BCUT2D eigenvalue weighted by molar-refractivity contribution is -0.137. The second-order valence-corrected chi connectivity index (χ2v) is 7.50. The fraction of sp³-hybridized carbons (Fsp3) is 0.458. The summed E-state index contributed by atoms with van der Waals surface area (Å²) in [5.74, 6) is -0.728. The Morgan fingerprint density at radius 3 is 2.04 bits per heavy atom. The minimum absolute atomic E-state index is 0.0894. The summed E-state index contributed by atoms with van der Waals surface area (Å²) in [6, 6.07) is 19.6. The molecule has 0 aliphatic carbocycles. The molecule has 2 N–H and O–H groups in total. The van der Waals surface area contributed by atoms with E-state index in [0.717, 1.165) is 19.3 Å². The summed E-state index contributed by atoms with van der Waals surface area (Å²) in [6.45, 7) is 6.81. The highest BCUT2D eigenvalue weighted by Crippen LogP contribution is 2.46. The quantitative estimate of drug-likeness (QED) is 0.608. The van der Waals surface area contributed by atoms with Gasteiger partial charge in [-0.15, -0.1) is 0 Å². The first-order valence-corrected chi connectivity index (χ1v) is 9.99. The third-order valence-corrected chi connectivity index (χ3v) is 6.30. The molecule has 146 valence electrons. The largest absolute Gasteiger partial charge is 0.481 e. The maximum absolute atomic E-state index is 10.7. The standard InChI is InChI=1S/C24H33NO2/c1-5-23(3,25-4)24(6-2,20-12-8-7-9-13-20)21-17-15-19(16-18-21)11-10-14-22(26)27/h7-9,12-13,15-18,25H,5-6,10-11,14H2,1-4H3,(H,26,27). The summed E-state index contributed by atoms with van der Waals surface area (Å²) in [5, 5.41) is 12.5. The van der Waals surface area contributed by atoms with E-state index in [9.17, 15) is 4.79 Å². The Morgan fingerprint density at radius 1 is 0.963 bits per heavy atom. The van der Waals surface area contributed by atoms with Gasteiger partial charge in [-0.3, -0.25) is 4.79 Å². The molecule has 0 spiro atoms. The fourth-order valence-electron chi connectivity index (χ4n) is 4.42. The molecular formula is C24H33NO2. The van der Waals surface area contributed by atoms with Crippen LogP contribution in [0, 0.1) is 0 Å². The summed E-state index contributed by atoms with van der Waals surface area (Å²) in [7, 11) is 2.05. The van der Waals surface area contributed by atoms with E-state index in [1.165, 1.54) is 16.7 Å². The molecule has 0 aliphatic heterocycles. The van der Waals surface area contributed by atoms with Crippen LogP contribution in [0.25, 0.3) is 0 Å². The maximum Gasteiger partial charge on any atom is 0.303 e. The molecule has 0 amide bonds. The number of aliphatic carboxylic acids is 1. The van der Waals surface area contributed by atoms with E-state index >= 15 is 0 Å². The number of carboxylic acid groups (broad SMARTS) is 1. The van der Waals surface area contributed by atoms with Gasteiger partial charge in [0.1, 0.15) is 0 Å². The van der Waals surface area contributed by atoms with E-state index in [1.54, 1.807) is 0 Å². The number of benzene rings is 2. The SMILES string of the molecule is CCC(C)(NC)C(CC)(c1ccccc1)c1ccc(CCCC(=O)O)cc1. The van der Waals surface area contributed by atoms with Crippen molar-refractivity contribution in [3.8, 4) is 0 Å². The number of carbonyl (C=O) groups is 1. The van der Waals surface area contributed by atoms with Gasteiger partial charge in [0.15, 0.2) is 0 Å². The summed E-state index contributed by atoms with van der Waals surface area (Å²) >= 11 is 0. The van der Waals surface area contributed by atoms with Crippen molar-refractivity contribution in [2.75, 3.05) is 7.05 Å². The highest BCUT2D eigenvalue weighted by Gasteiger charge is 2.47. The van der Waals surface area contributed by atoms with Crippen LogP contribution in [0.1, 0.15) is 63.1 Å². The van der Waals surface area contributed by atoms with E-state index in [1.807, 2.05) is 0 Å². The number of hydrogen-bond acceptors (Lipinski definition) is 2. The fourth-order valence-corrected chi connectivity index (χ4v) is 4.42. The normalized spacial score (nSPS) is 15.7. The van der Waals surface area contributed by atoms with Crippen molar-refractivity contribution in [1.29, 1.82) is 0 Å². The lowest BCUT2D eigenvalue weighted by Gasteiger charge is -2.49. The molecule has 27 heavy (non-hydrogen) atoms. The van der Waals surface area contributed by atoms with Crippen molar-refractivity contribution in [1.82, 2.24) is 5.32 Å². The molecule has 2 aromatic rings. The van der Waals surface area contributed by atoms with Crippen LogP contribution in [0.15, 0.2) is 54.6 Å². The average molecular weight is 368 g/mol.